The van der Waals surface area contributed by atoms with Crippen LogP contribution >= 0.6 is 0 Å². The number of ether oxygens (including phenoxy) is 2. The van der Waals surface area contributed by atoms with E-state index in [1.54, 1.807) is 24.3 Å². The van der Waals surface area contributed by atoms with E-state index < -0.39 is 18.5 Å². The molecule has 2 saturated carbocycles. The lowest BCUT2D eigenvalue weighted by molar-refractivity contribution is -0.149. The maximum absolute atomic E-state index is 12.6. The summed E-state index contributed by atoms with van der Waals surface area (Å²) in [5.41, 5.74) is 0.528. The fourth-order valence-electron chi connectivity index (χ4n) is 5.01. The van der Waals surface area contributed by atoms with Crippen LogP contribution in [0.3, 0.4) is 0 Å². The van der Waals surface area contributed by atoms with E-state index in [1.165, 1.54) is 12.0 Å². The van der Waals surface area contributed by atoms with Crippen molar-refractivity contribution in [3.63, 3.8) is 0 Å². The molecule has 1 aromatic carbocycles. The molecule has 29 heavy (non-hydrogen) atoms. The van der Waals surface area contributed by atoms with E-state index in [9.17, 15) is 19.2 Å². The summed E-state index contributed by atoms with van der Waals surface area (Å²) in [6.07, 6.45) is 2.90. The lowest BCUT2D eigenvalue weighted by atomic mass is 9.81. The van der Waals surface area contributed by atoms with E-state index in [0.717, 1.165) is 19.3 Å². The van der Waals surface area contributed by atoms with Crippen LogP contribution in [0.5, 0.6) is 5.75 Å². The van der Waals surface area contributed by atoms with Gasteiger partial charge in [-0.05, 0) is 43.2 Å². The van der Waals surface area contributed by atoms with Crippen molar-refractivity contribution in [2.75, 3.05) is 25.6 Å². The highest BCUT2D eigenvalue weighted by atomic mass is 16.5. The summed E-state index contributed by atoms with van der Waals surface area (Å²) < 4.78 is 10.1. The third-order valence-corrected chi connectivity index (χ3v) is 6.28. The van der Waals surface area contributed by atoms with Crippen molar-refractivity contribution in [2.45, 2.75) is 25.7 Å². The summed E-state index contributed by atoms with van der Waals surface area (Å²) in [4.78, 5) is 50.4. The molecule has 3 amide bonds. The minimum Gasteiger partial charge on any atom is -0.497 e. The minimum absolute atomic E-state index is 0.0143. The second-order valence-corrected chi connectivity index (χ2v) is 7.90. The van der Waals surface area contributed by atoms with E-state index in [0.29, 0.717) is 23.3 Å². The number of carbonyl (C=O) groups is 4. The number of hydrogen-bond acceptors (Lipinski definition) is 6. The number of carbonyl (C=O) groups excluding carboxylic acids is 4. The molecule has 0 aromatic heterocycles. The highest BCUT2D eigenvalue weighted by Crippen LogP contribution is 2.56. The Morgan fingerprint density at radius 1 is 1.14 bits per heavy atom. The van der Waals surface area contributed by atoms with Gasteiger partial charge in [0.25, 0.3) is 5.91 Å². The summed E-state index contributed by atoms with van der Waals surface area (Å²) in [6, 6.07) is 6.81. The zero-order chi connectivity index (χ0) is 20.5. The van der Waals surface area contributed by atoms with Crippen LogP contribution in [-0.2, 0) is 23.9 Å². The number of fused-ring (bicyclic) bond motifs is 5. The molecule has 1 heterocycles. The van der Waals surface area contributed by atoms with Gasteiger partial charge in [-0.15, -0.1) is 0 Å². The molecule has 1 aliphatic heterocycles. The Balaban J connectivity index is 1.23. The highest BCUT2D eigenvalue weighted by molar-refractivity contribution is 6.06. The summed E-state index contributed by atoms with van der Waals surface area (Å²) in [6.45, 7) is -0.423. The predicted octanol–water partition coefficient (Wildman–Crippen LogP) is 1.60. The molecule has 2 bridgehead atoms. The molecule has 8 nitrogen and oxygen atoms in total. The van der Waals surface area contributed by atoms with Crippen LogP contribution in [0.15, 0.2) is 24.3 Å². The smallest absolute Gasteiger partial charge is 0.308 e. The van der Waals surface area contributed by atoms with Crippen molar-refractivity contribution in [1.82, 2.24) is 4.90 Å². The number of imide groups is 1. The first-order valence-corrected chi connectivity index (χ1v) is 9.92. The number of nitrogens with zero attached hydrogens (tertiary/aromatic N) is 1. The van der Waals surface area contributed by atoms with Gasteiger partial charge in [-0.1, -0.05) is 6.07 Å². The Kier molecular flexibility index (Phi) is 5.25. The van der Waals surface area contributed by atoms with Gasteiger partial charge in [0.2, 0.25) is 11.8 Å². The van der Waals surface area contributed by atoms with Crippen LogP contribution in [0.25, 0.3) is 0 Å². The number of hydrogen-bond donors (Lipinski definition) is 1. The normalized spacial score (nSPS) is 27.1. The van der Waals surface area contributed by atoms with Crippen molar-refractivity contribution in [3.8, 4) is 5.75 Å². The lowest BCUT2D eigenvalue weighted by Gasteiger charge is -2.19. The number of benzene rings is 1. The standard InChI is InChI=1S/C21H24N2O6/c1-28-15-4-2-3-14(10-15)22-16(24)11-29-17(25)7-8-23-20(26)18-12-5-6-13(9-12)19(18)21(23)27/h2-4,10,12-13,18-19H,5-9,11H2,1H3,(H,22,24)/t12-,13+,18-,19-/m0/s1. The van der Waals surface area contributed by atoms with E-state index >= 15 is 0 Å². The molecule has 1 N–H and O–H groups in total. The van der Waals surface area contributed by atoms with Crippen LogP contribution in [-0.4, -0.2) is 48.9 Å². The molecule has 0 spiro atoms. The Morgan fingerprint density at radius 3 is 2.48 bits per heavy atom. The van der Waals surface area contributed by atoms with Crippen LogP contribution in [0.2, 0.25) is 0 Å². The molecule has 8 heteroatoms. The third kappa shape index (κ3) is 3.71. The number of esters is 1. The van der Waals surface area contributed by atoms with Gasteiger partial charge in [0.05, 0.1) is 25.4 Å². The van der Waals surface area contributed by atoms with Gasteiger partial charge in [0.1, 0.15) is 5.75 Å². The molecule has 1 saturated heterocycles. The summed E-state index contributed by atoms with van der Waals surface area (Å²) in [5, 5.41) is 2.61. The van der Waals surface area contributed by atoms with Crippen molar-refractivity contribution in [1.29, 1.82) is 0 Å². The first kappa shape index (κ1) is 19.4. The van der Waals surface area contributed by atoms with Gasteiger partial charge in [-0.25, -0.2) is 0 Å². The van der Waals surface area contributed by atoms with Crippen LogP contribution in [0.4, 0.5) is 5.69 Å². The van der Waals surface area contributed by atoms with E-state index in [2.05, 4.69) is 5.32 Å². The third-order valence-electron chi connectivity index (χ3n) is 6.28. The van der Waals surface area contributed by atoms with Crippen LogP contribution in [0.1, 0.15) is 25.7 Å². The number of likely N-dealkylation sites (tertiary alicyclic amines) is 1. The van der Waals surface area contributed by atoms with Crippen molar-refractivity contribution in [3.05, 3.63) is 24.3 Å². The SMILES string of the molecule is COc1cccc(NC(=O)COC(=O)CCN2C(=O)[C@H]3[C@@H]4CC[C@@H](C4)[C@@H]3C2=O)c1. The van der Waals surface area contributed by atoms with Crippen LogP contribution in [0, 0.1) is 23.7 Å². The average molecular weight is 400 g/mol. The Labute approximate surface area is 168 Å². The van der Waals surface area contributed by atoms with Gasteiger partial charge in [0, 0.05) is 18.3 Å². The predicted molar refractivity (Wildman–Crippen MR) is 102 cm³/mol. The quantitative estimate of drug-likeness (QED) is 0.551. The number of rotatable bonds is 7. The molecule has 0 radical (unpaired) electrons. The summed E-state index contributed by atoms with van der Waals surface area (Å²) >= 11 is 0. The first-order valence-electron chi connectivity index (χ1n) is 9.92. The van der Waals surface area contributed by atoms with Gasteiger partial charge in [-0.2, -0.15) is 0 Å². The van der Waals surface area contributed by atoms with Crippen LogP contribution < -0.4 is 10.1 Å². The van der Waals surface area contributed by atoms with Gasteiger partial charge < -0.3 is 14.8 Å². The van der Waals surface area contributed by atoms with Gasteiger partial charge >= 0.3 is 5.97 Å². The molecule has 154 valence electrons. The first-order chi connectivity index (χ1) is 14.0. The minimum atomic E-state index is -0.619. The van der Waals surface area contributed by atoms with Crippen molar-refractivity contribution in [2.24, 2.45) is 23.7 Å². The molecular formula is C21H24N2O6. The molecule has 2 aliphatic carbocycles. The topological polar surface area (TPSA) is 102 Å². The van der Waals surface area contributed by atoms with Crippen molar-refractivity contribution < 1.29 is 28.7 Å². The molecule has 3 aliphatic rings. The Hall–Kier alpha value is -2.90. The highest BCUT2D eigenvalue weighted by Gasteiger charge is 2.60. The molecule has 1 aromatic rings. The zero-order valence-corrected chi connectivity index (χ0v) is 16.3. The average Bonchev–Trinajstić information content (AvgIpc) is 3.39. The van der Waals surface area contributed by atoms with Crippen molar-refractivity contribution >= 4 is 29.4 Å². The molecule has 3 fully saturated rings. The number of anilines is 1. The fraction of sp³-hybridized carbons (Fsp3) is 0.524. The molecule has 4 rings (SSSR count). The second-order valence-electron chi connectivity index (χ2n) is 7.90. The van der Waals surface area contributed by atoms with E-state index in [1.807, 2.05) is 0 Å². The number of nitrogens with one attached hydrogen (secondary N) is 1. The van der Waals surface area contributed by atoms with E-state index in [4.69, 9.17) is 9.47 Å². The number of amides is 3. The monoisotopic (exact) mass is 400 g/mol. The maximum atomic E-state index is 12.6. The summed E-state index contributed by atoms with van der Waals surface area (Å²) in [7, 11) is 1.52. The molecule has 0 unspecified atom stereocenters. The lowest BCUT2D eigenvalue weighted by Crippen LogP contribution is -2.35. The van der Waals surface area contributed by atoms with Gasteiger partial charge in [-0.3, -0.25) is 24.1 Å². The second kappa shape index (κ2) is 7.85. The van der Waals surface area contributed by atoms with Gasteiger partial charge in [0.15, 0.2) is 6.61 Å². The van der Waals surface area contributed by atoms with E-state index in [-0.39, 0.29) is 36.6 Å². The maximum Gasteiger partial charge on any atom is 0.308 e. The molecular weight excluding hydrogens is 376 g/mol. The zero-order valence-electron chi connectivity index (χ0n) is 16.3. The summed E-state index contributed by atoms with van der Waals surface area (Å²) in [5.74, 6) is -0.531. The Bertz CT molecular complexity index is 825. The largest absolute Gasteiger partial charge is 0.497 e. The molecule has 4 atom stereocenters. The number of methoxy groups -OCH3 is 1. The fourth-order valence-corrected chi connectivity index (χ4v) is 5.01. The Morgan fingerprint density at radius 2 is 1.83 bits per heavy atom.